The fraction of sp³-hybridized carbons (Fsp3) is 0.714. The van der Waals surface area contributed by atoms with Gasteiger partial charge in [-0.15, -0.1) is 0 Å². The summed E-state index contributed by atoms with van der Waals surface area (Å²) >= 11 is 0. The van der Waals surface area contributed by atoms with Crippen LogP contribution in [0.2, 0.25) is 0 Å². The Balaban J connectivity index is 1.73. The Bertz CT molecular complexity index is 831. The van der Waals surface area contributed by atoms with Crippen molar-refractivity contribution < 1.29 is 34.0 Å². The molecule has 5 aliphatic rings. The number of carbonyl (C=O) groups is 2. The van der Waals surface area contributed by atoms with Crippen LogP contribution in [0.15, 0.2) is 24.3 Å². The van der Waals surface area contributed by atoms with E-state index < -0.39 is 58.4 Å². The van der Waals surface area contributed by atoms with E-state index in [1.165, 1.54) is 13.8 Å². The monoisotopic (exact) mass is 390 g/mol. The zero-order valence-corrected chi connectivity index (χ0v) is 16.3. The molecule has 3 heterocycles. The van der Waals surface area contributed by atoms with Crippen molar-refractivity contribution in [3.05, 3.63) is 24.3 Å². The molecule has 0 aromatic carbocycles. The van der Waals surface area contributed by atoms with E-state index in [0.717, 1.165) is 5.57 Å². The van der Waals surface area contributed by atoms with Gasteiger partial charge in [0.25, 0.3) is 0 Å². The molecular formula is C21H26O7. The fourth-order valence-corrected chi connectivity index (χ4v) is 6.82. The number of hydrogen-bond acceptors (Lipinski definition) is 7. The molecule has 3 aliphatic heterocycles. The highest BCUT2D eigenvalue weighted by Gasteiger charge is 2.88. The van der Waals surface area contributed by atoms with E-state index in [9.17, 15) is 19.8 Å². The van der Waals surface area contributed by atoms with Crippen molar-refractivity contribution in [2.75, 3.05) is 0 Å². The van der Waals surface area contributed by atoms with Gasteiger partial charge in [-0.3, -0.25) is 9.59 Å². The second-order valence-corrected chi connectivity index (χ2v) is 9.51. The highest BCUT2D eigenvalue weighted by molar-refractivity contribution is 5.86. The van der Waals surface area contributed by atoms with Crippen molar-refractivity contribution in [1.82, 2.24) is 0 Å². The van der Waals surface area contributed by atoms with Crippen LogP contribution in [0.4, 0.5) is 0 Å². The molecule has 28 heavy (non-hydrogen) atoms. The first-order valence-corrected chi connectivity index (χ1v) is 9.85. The Morgan fingerprint density at radius 2 is 2.04 bits per heavy atom. The second-order valence-electron chi connectivity index (χ2n) is 9.51. The van der Waals surface area contributed by atoms with Crippen molar-refractivity contribution in [1.29, 1.82) is 0 Å². The van der Waals surface area contributed by atoms with Crippen LogP contribution in [-0.4, -0.2) is 57.3 Å². The zero-order chi connectivity index (χ0) is 20.3. The lowest BCUT2D eigenvalue weighted by Crippen LogP contribution is -2.68. The maximum atomic E-state index is 13.4. The normalized spacial score (nSPS) is 55.5. The quantitative estimate of drug-likeness (QED) is 0.536. The van der Waals surface area contributed by atoms with E-state index in [-0.39, 0.29) is 12.3 Å². The van der Waals surface area contributed by atoms with Crippen molar-refractivity contribution in [2.24, 2.45) is 17.3 Å². The third-order valence-corrected chi connectivity index (χ3v) is 7.81. The molecule has 0 unspecified atom stereocenters. The first-order chi connectivity index (χ1) is 13.0. The maximum absolute atomic E-state index is 13.4. The third kappa shape index (κ3) is 1.77. The molecule has 7 nitrogen and oxygen atoms in total. The minimum atomic E-state index is -1.47. The predicted molar refractivity (Wildman–Crippen MR) is 95.8 cm³/mol. The molecule has 5 rings (SSSR count). The van der Waals surface area contributed by atoms with E-state index in [1.807, 2.05) is 13.0 Å². The number of aliphatic hydroxyl groups is 2. The van der Waals surface area contributed by atoms with Gasteiger partial charge in [-0.25, -0.2) is 0 Å². The molecule has 9 atom stereocenters. The van der Waals surface area contributed by atoms with Crippen LogP contribution < -0.4 is 0 Å². The highest BCUT2D eigenvalue weighted by atomic mass is 16.6. The molecule has 152 valence electrons. The Morgan fingerprint density at radius 1 is 1.32 bits per heavy atom. The van der Waals surface area contributed by atoms with Crippen LogP contribution >= 0.6 is 0 Å². The zero-order valence-electron chi connectivity index (χ0n) is 16.3. The summed E-state index contributed by atoms with van der Waals surface area (Å²) < 4.78 is 18.0. The number of aliphatic hydroxyl groups excluding tert-OH is 1. The number of hydrogen-bond donors (Lipinski definition) is 2. The summed E-state index contributed by atoms with van der Waals surface area (Å²) in [6.45, 7) is 8.84. The Labute approximate surface area is 163 Å². The fourth-order valence-electron chi connectivity index (χ4n) is 6.82. The lowest BCUT2D eigenvalue weighted by atomic mass is 9.47. The number of allylic oxidation sites excluding steroid dienone is 1. The van der Waals surface area contributed by atoms with Gasteiger partial charge in [-0.1, -0.05) is 24.3 Å². The molecule has 7 heteroatoms. The number of esters is 2. The minimum absolute atomic E-state index is 0.0144. The van der Waals surface area contributed by atoms with Gasteiger partial charge in [0, 0.05) is 13.3 Å². The Kier molecular flexibility index (Phi) is 3.32. The van der Waals surface area contributed by atoms with E-state index in [1.54, 1.807) is 6.08 Å². The summed E-state index contributed by atoms with van der Waals surface area (Å²) in [5, 5.41) is 21.9. The van der Waals surface area contributed by atoms with Gasteiger partial charge < -0.3 is 24.4 Å². The number of carbonyl (C=O) groups excluding carboxylic acids is 2. The number of rotatable bonds is 2. The Morgan fingerprint density at radius 3 is 2.68 bits per heavy atom. The van der Waals surface area contributed by atoms with Crippen LogP contribution in [0.3, 0.4) is 0 Å². The predicted octanol–water partition coefficient (Wildman–Crippen LogP) is 1.03. The van der Waals surface area contributed by atoms with Crippen LogP contribution in [0.1, 0.15) is 40.0 Å². The van der Waals surface area contributed by atoms with Gasteiger partial charge in [-0.2, -0.15) is 0 Å². The lowest BCUT2D eigenvalue weighted by molar-refractivity contribution is -0.227. The molecular weight excluding hydrogens is 364 g/mol. The SMILES string of the molecule is C=C(C)[C@H]1C[C@H](OC(C)=O)[C@]23C(=O)O[C@@H]4C[C@](C)(O)[C@H](O)[C@@]5(C=C[C@]2(C1)O5)[C@@H]43. The summed E-state index contributed by atoms with van der Waals surface area (Å²) in [5.74, 6) is -1.48. The van der Waals surface area contributed by atoms with Crippen molar-refractivity contribution >= 4 is 11.9 Å². The second kappa shape index (κ2) is 5.07. The summed E-state index contributed by atoms with van der Waals surface area (Å²) in [5.41, 5.74) is -4.08. The van der Waals surface area contributed by atoms with Gasteiger partial charge in [0.1, 0.15) is 34.9 Å². The molecule has 0 radical (unpaired) electrons. The maximum Gasteiger partial charge on any atom is 0.320 e. The summed E-state index contributed by atoms with van der Waals surface area (Å²) in [6.07, 6.45) is 2.08. The van der Waals surface area contributed by atoms with Gasteiger partial charge in [0.2, 0.25) is 0 Å². The van der Waals surface area contributed by atoms with Gasteiger partial charge in [-0.05, 0) is 32.6 Å². The summed E-state index contributed by atoms with van der Waals surface area (Å²) in [4.78, 5) is 25.3. The average molecular weight is 390 g/mol. The summed E-state index contributed by atoms with van der Waals surface area (Å²) in [7, 11) is 0. The van der Waals surface area contributed by atoms with Gasteiger partial charge >= 0.3 is 11.9 Å². The molecule has 2 saturated heterocycles. The minimum Gasteiger partial charge on any atom is -0.461 e. The van der Waals surface area contributed by atoms with Crippen molar-refractivity contribution in [2.45, 2.75) is 75.1 Å². The first kappa shape index (κ1) is 18.3. The van der Waals surface area contributed by atoms with E-state index >= 15 is 0 Å². The molecule has 4 fully saturated rings. The van der Waals surface area contributed by atoms with Crippen LogP contribution in [0.5, 0.6) is 0 Å². The van der Waals surface area contributed by atoms with Crippen LogP contribution in [-0.2, 0) is 23.8 Å². The van der Waals surface area contributed by atoms with Gasteiger partial charge in [0.15, 0.2) is 0 Å². The largest absolute Gasteiger partial charge is 0.461 e. The molecule has 3 spiro atoms. The van der Waals surface area contributed by atoms with E-state index in [2.05, 4.69) is 6.58 Å². The molecule has 0 aromatic rings. The van der Waals surface area contributed by atoms with E-state index in [0.29, 0.717) is 12.8 Å². The molecule has 2 aliphatic carbocycles. The average Bonchev–Trinajstić information content (AvgIpc) is 3.18. The molecule has 0 amide bonds. The van der Waals surface area contributed by atoms with Gasteiger partial charge in [0.05, 0.1) is 11.5 Å². The molecule has 0 aromatic heterocycles. The standard InChI is InChI=1S/C21H26O7/c1-10(2)12-7-14(26-11(3)22)21-15-13(27-17(21)24)9-18(4,25)16(23)20(15)6-5-19(21,8-12)28-20/h5-6,12-16,23,25H,1,7-9H2,2-4H3/t12-,13+,14-,15+,16-,18-,19+,20+,21-/m0/s1. The van der Waals surface area contributed by atoms with Crippen LogP contribution in [0, 0.1) is 17.3 Å². The van der Waals surface area contributed by atoms with Crippen molar-refractivity contribution in [3.8, 4) is 0 Å². The van der Waals surface area contributed by atoms with E-state index in [4.69, 9.17) is 14.2 Å². The lowest BCUT2D eigenvalue weighted by Gasteiger charge is -2.52. The van der Waals surface area contributed by atoms with Crippen LogP contribution in [0.25, 0.3) is 0 Å². The van der Waals surface area contributed by atoms with Crippen molar-refractivity contribution in [3.63, 3.8) is 0 Å². The highest BCUT2D eigenvalue weighted by Crippen LogP contribution is 2.74. The summed E-state index contributed by atoms with van der Waals surface area (Å²) in [6, 6.07) is 0. The third-order valence-electron chi connectivity index (χ3n) is 7.81. The Hall–Kier alpha value is -1.70. The molecule has 2 saturated carbocycles. The molecule has 2 bridgehead atoms. The first-order valence-electron chi connectivity index (χ1n) is 9.85. The topological polar surface area (TPSA) is 102 Å². The molecule has 2 N–H and O–H groups in total. The smallest absolute Gasteiger partial charge is 0.320 e. The number of ether oxygens (including phenoxy) is 3.